The highest BCUT2D eigenvalue weighted by Gasteiger charge is 2.37. The first-order valence-electron chi connectivity index (χ1n) is 6.91. The van der Waals surface area contributed by atoms with E-state index in [0.29, 0.717) is 0 Å². The smallest absolute Gasteiger partial charge is 0.325 e. The van der Waals surface area contributed by atoms with Crippen LogP contribution < -0.4 is 0 Å². The molecule has 1 amide bonds. The Kier molecular flexibility index (Phi) is 5.98. The summed E-state index contributed by atoms with van der Waals surface area (Å²) >= 11 is 0. The Bertz CT molecular complexity index is 374. The van der Waals surface area contributed by atoms with E-state index < -0.39 is 17.4 Å². The average Bonchev–Trinajstić information content (AvgIpc) is 2.38. The summed E-state index contributed by atoms with van der Waals surface area (Å²) in [6.07, 6.45) is 4.74. The Labute approximate surface area is 119 Å². The summed E-state index contributed by atoms with van der Waals surface area (Å²) in [7, 11) is 2.81. The molecule has 1 saturated carbocycles. The Morgan fingerprint density at radius 2 is 1.75 bits per heavy atom. The number of carbonyl (C=O) groups is 3. The second-order valence-corrected chi connectivity index (χ2v) is 5.63. The number of carbonyl (C=O) groups excluding carboxylic acids is 2. The van der Waals surface area contributed by atoms with Crippen LogP contribution >= 0.6 is 0 Å². The van der Waals surface area contributed by atoms with Crippen molar-refractivity contribution in [2.45, 2.75) is 44.9 Å². The van der Waals surface area contributed by atoms with E-state index in [9.17, 15) is 14.4 Å². The number of amides is 1. The Morgan fingerprint density at radius 3 is 2.25 bits per heavy atom. The molecule has 0 atom stereocenters. The van der Waals surface area contributed by atoms with Crippen molar-refractivity contribution in [2.24, 2.45) is 5.41 Å². The van der Waals surface area contributed by atoms with E-state index >= 15 is 0 Å². The van der Waals surface area contributed by atoms with E-state index in [1.165, 1.54) is 19.1 Å². The van der Waals surface area contributed by atoms with E-state index in [2.05, 4.69) is 4.74 Å². The predicted octanol–water partition coefficient (Wildman–Crippen LogP) is 1.43. The van der Waals surface area contributed by atoms with Gasteiger partial charge in [0, 0.05) is 13.5 Å². The number of carboxylic acids is 1. The van der Waals surface area contributed by atoms with Crippen LogP contribution in [0.4, 0.5) is 0 Å². The molecule has 20 heavy (non-hydrogen) atoms. The minimum absolute atomic E-state index is 0.0187. The molecular weight excluding hydrogens is 262 g/mol. The summed E-state index contributed by atoms with van der Waals surface area (Å²) < 4.78 is 4.52. The van der Waals surface area contributed by atoms with E-state index in [4.69, 9.17) is 5.11 Å². The molecule has 0 heterocycles. The second-order valence-electron chi connectivity index (χ2n) is 5.63. The maximum Gasteiger partial charge on any atom is 0.325 e. The van der Waals surface area contributed by atoms with E-state index in [0.717, 1.165) is 32.1 Å². The first-order valence-corrected chi connectivity index (χ1v) is 6.91. The van der Waals surface area contributed by atoms with Gasteiger partial charge in [-0.3, -0.25) is 14.4 Å². The van der Waals surface area contributed by atoms with E-state index in [-0.39, 0.29) is 25.3 Å². The molecule has 0 spiro atoms. The number of aliphatic carboxylic acids is 1. The lowest BCUT2D eigenvalue weighted by molar-refractivity contribution is -0.148. The van der Waals surface area contributed by atoms with Crippen LogP contribution in [0.2, 0.25) is 0 Å². The van der Waals surface area contributed by atoms with Crippen molar-refractivity contribution in [3.05, 3.63) is 0 Å². The quantitative estimate of drug-likeness (QED) is 0.746. The molecule has 0 aromatic rings. The van der Waals surface area contributed by atoms with Gasteiger partial charge in [-0.2, -0.15) is 0 Å². The van der Waals surface area contributed by atoms with Crippen LogP contribution in [0.25, 0.3) is 0 Å². The van der Waals surface area contributed by atoms with Gasteiger partial charge in [0.25, 0.3) is 0 Å². The molecular formula is C14H23NO5. The molecule has 0 aromatic heterocycles. The Hall–Kier alpha value is -1.59. The van der Waals surface area contributed by atoms with Crippen LogP contribution in [0.1, 0.15) is 44.9 Å². The van der Waals surface area contributed by atoms with Crippen molar-refractivity contribution in [1.82, 2.24) is 4.90 Å². The Morgan fingerprint density at radius 1 is 1.15 bits per heavy atom. The molecule has 0 unspecified atom stereocenters. The van der Waals surface area contributed by atoms with Crippen molar-refractivity contribution in [1.29, 1.82) is 0 Å². The zero-order valence-corrected chi connectivity index (χ0v) is 12.2. The van der Waals surface area contributed by atoms with Crippen LogP contribution in [0.15, 0.2) is 0 Å². The lowest BCUT2D eigenvalue weighted by Gasteiger charge is -2.36. The first kappa shape index (κ1) is 16.5. The molecule has 0 bridgehead atoms. The van der Waals surface area contributed by atoms with Crippen molar-refractivity contribution in [3.8, 4) is 0 Å². The molecule has 1 N–H and O–H groups in total. The summed E-state index contributed by atoms with van der Waals surface area (Å²) in [6, 6.07) is 0. The van der Waals surface area contributed by atoms with Gasteiger partial charge in [0.05, 0.1) is 13.5 Å². The standard InChI is InChI=1S/C14H23NO5/c1-15(10-13(19)20-2)11(16)8-14(9-12(17)18)6-4-3-5-7-14/h3-10H2,1-2H3,(H,17,18). The third-order valence-corrected chi connectivity index (χ3v) is 3.99. The number of methoxy groups -OCH3 is 1. The third-order valence-electron chi connectivity index (χ3n) is 3.99. The number of carboxylic acid groups (broad SMARTS) is 1. The SMILES string of the molecule is COC(=O)CN(C)C(=O)CC1(CC(=O)O)CCCCC1. The zero-order valence-electron chi connectivity index (χ0n) is 12.2. The number of hydrogen-bond donors (Lipinski definition) is 1. The highest BCUT2D eigenvalue weighted by Crippen LogP contribution is 2.42. The predicted molar refractivity (Wildman–Crippen MR) is 72.0 cm³/mol. The number of rotatable bonds is 6. The fraction of sp³-hybridized carbons (Fsp3) is 0.786. The number of esters is 1. The number of ether oxygens (including phenoxy) is 1. The molecule has 1 aliphatic rings. The summed E-state index contributed by atoms with van der Waals surface area (Å²) in [4.78, 5) is 35.7. The molecule has 0 radical (unpaired) electrons. The lowest BCUT2D eigenvalue weighted by Crippen LogP contribution is -2.38. The topological polar surface area (TPSA) is 83.9 Å². The van der Waals surface area contributed by atoms with Crippen LogP contribution in [0.3, 0.4) is 0 Å². The van der Waals surface area contributed by atoms with Crippen LogP contribution in [-0.2, 0) is 19.1 Å². The minimum Gasteiger partial charge on any atom is -0.481 e. The van der Waals surface area contributed by atoms with Crippen LogP contribution in [-0.4, -0.2) is 48.6 Å². The van der Waals surface area contributed by atoms with Gasteiger partial charge in [-0.05, 0) is 18.3 Å². The van der Waals surface area contributed by atoms with Crippen molar-refractivity contribution < 1.29 is 24.2 Å². The highest BCUT2D eigenvalue weighted by molar-refractivity contribution is 5.82. The average molecular weight is 285 g/mol. The minimum atomic E-state index is -0.865. The highest BCUT2D eigenvalue weighted by atomic mass is 16.5. The van der Waals surface area contributed by atoms with Crippen molar-refractivity contribution in [3.63, 3.8) is 0 Å². The molecule has 0 aliphatic heterocycles. The number of hydrogen-bond acceptors (Lipinski definition) is 4. The van der Waals surface area contributed by atoms with Gasteiger partial charge in [-0.25, -0.2) is 0 Å². The summed E-state index contributed by atoms with van der Waals surface area (Å²) in [6.45, 7) is -0.0987. The van der Waals surface area contributed by atoms with Gasteiger partial charge in [0.2, 0.25) is 5.91 Å². The largest absolute Gasteiger partial charge is 0.481 e. The van der Waals surface area contributed by atoms with Crippen molar-refractivity contribution >= 4 is 17.8 Å². The van der Waals surface area contributed by atoms with Gasteiger partial charge in [-0.15, -0.1) is 0 Å². The lowest BCUT2D eigenvalue weighted by atomic mass is 9.69. The molecule has 0 aromatic carbocycles. The maximum atomic E-state index is 12.2. The fourth-order valence-electron chi connectivity index (χ4n) is 2.84. The normalized spacial score (nSPS) is 17.3. The van der Waals surface area contributed by atoms with Crippen LogP contribution in [0, 0.1) is 5.41 Å². The maximum absolute atomic E-state index is 12.2. The molecule has 0 saturated heterocycles. The van der Waals surface area contributed by atoms with E-state index in [1.807, 2.05) is 0 Å². The fourth-order valence-corrected chi connectivity index (χ4v) is 2.84. The second kappa shape index (κ2) is 7.26. The van der Waals surface area contributed by atoms with Gasteiger partial charge in [0.1, 0.15) is 6.54 Å². The molecule has 1 rings (SSSR count). The van der Waals surface area contributed by atoms with Crippen LogP contribution in [0.5, 0.6) is 0 Å². The summed E-state index contributed by atoms with van der Waals surface area (Å²) in [5.74, 6) is -1.54. The number of nitrogens with zero attached hydrogens (tertiary/aromatic N) is 1. The van der Waals surface area contributed by atoms with Gasteiger partial charge >= 0.3 is 11.9 Å². The molecule has 1 aliphatic carbocycles. The first-order chi connectivity index (χ1) is 9.38. The van der Waals surface area contributed by atoms with Gasteiger partial charge in [-0.1, -0.05) is 19.3 Å². The van der Waals surface area contributed by atoms with Crippen molar-refractivity contribution in [2.75, 3.05) is 20.7 Å². The molecule has 114 valence electrons. The molecule has 1 fully saturated rings. The molecule has 6 heteroatoms. The summed E-state index contributed by atoms with van der Waals surface area (Å²) in [5, 5.41) is 9.07. The van der Waals surface area contributed by atoms with Gasteiger partial charge in [0.15, 0.2) is 0 Å². The Balaban J connectivity index is 2.66. The molecule has 6 nitrogen and oxygen atoms in total. The van der Waals surface area contributed by atoms with Gasteiger partial charge < -0.3 is 14.7 Å². The third kappa shape index (κ3) is 4.83. The van der Waals surface area contributed by atoms with E-state index in [1.54, 1.807) is 0 Å². The number of likely N-dealkylation sites (N-methyl/N-ethyl adjacent to an activating group) is 1. The monoisotopic (exact) mass is 285 g/mol. The summed E-state index contributed by atoms with van der Waals surface area (Å²) in [5.41, 5.74) is -0.453. The zero-order chi connectivity index (χ0) is 15.2.